The molecule has 0 spiro atoms. The standard InChI is InChI=1S/C14H12Br2S/c15-13-6-5-11(17-13)8-10-7-9-3-1-2-4-12(9)14(10)16/h1-6,10,14H,7-8H2. The summed E-state index contributed by atoms with van der Waals surface area (Å²) in [6.45, 7) is 0. The first-order chi connectivity index (χ1) is 8.24. The van der Waals surface area contributed by atoms with Crippen LogP contribution < -0.4 is 0 Å². The first-order valence-electron chi connectivity index (χ1n) is 5.70. The Bertz CT molecular complexity index is 533. The number of rotatable bonds is 2. The van der Waals surface area contributed by atoms with Crippen LogP contribution in [0.25, 0.3) is 0 Å². The minimum atomic E-state index is 0.513. The second kappa shape index (κ2) is 4.87. The second-order valence-electron chi connectivity index (χ2n) is 4.47. The molecule has 3 heteroatoms. The van der Waals surface area contributed by atoms with Crippen LogP contribution in [0.1, 0.15) is 20.8 Å². The van der Waals surface area contributed by atoms with Gasteiger partial charge in [0.05, 0.1) is 3.79 Å². The molecule has 1 aromatic heterocycles. The van der Waals surface area contributed by atoms with Gasteiger partial charge in [0.25, 0.3) is 0 Å². The topological polar surface area (TPSA) is 0 Å². The third kappa shape index (κ3) is 2.38. The summed E-state index contributed by atoms with van der Waals surface area (Å²) in [5.74, 6) is 0.693. The molecule has 0 saturated heterocycles. The van der Waals surface area contributed by atoms with Gasteiger partial charge in [0, 0.05) is 9.70 Å². The van der Waals surface area contributed by atoms with Crippen molar-refractivity contribution in [2.75, 3.05) is 0 Å². The highest BCUT2D eigenvalue weighted by atomic mass is 79.9. The molecule has 1 aliphatic rings. The fourth-order valence-electron chi connectivity index (χ4n) is 2.52. The number of fused-ring (bicyclic) bond motifs is 1. The van der Waals surface area contributed by atoms with Crippen molar-refractivity contribution >= 4 is 43.2 Å². The minimum absolute atomic E-state index is 0.513. The maximum atomic E-state index is 3.86. The molecule has 2 aromatic rings. The van der Waals surface area contributed by atoms with Crippen molar-refractivity contribution in [3.8, 4) is 0 Å². The first kappa shape index (κ1) is 11.9. The number of hydrogen-bond acceptors (Lipinski definition) is 1. The molecule has 88 valence electrons. The highest BCUT2D eigenvalue weighted by molar-refractivity contribution is 9.11. The summed E-state index contributed by atoms with van der Waals surface area (Å²) in [5.41, 5.74) is 2.99. The van der Waals surface area contributed by atoms with Crippen LogP contribution >= 0.6 is 43.2 Å². The van der Waals surface area contributed by atoms with Gasteiger partial charge in [-0.3, -0.25) is 0 Å². The van der Waals surface area contributed by atoms with Crippen LogP contribution in [0.5, 0.6) is 0 Å². The Kier molecular flexibility index (Phi) is 3.42. The van der Waals surface area contributed by atoms with Gasteiger partial charge in [-0.2, -0.15) is 0 Å². The van der Waals surface area contributed by atoms with E-state index in [2.05, 4.69) is 68.3 Å². The monoisotopic (exact) mass is 370 g/mol. The molecule has 0 aliphatic heterocycles. The van der Waals surface area contributed by atoms with E-state index in [1.165, 1.54) is 32.6 Å². The molecule has 17 heavy (non-hydrogen) atoms. The maximum Gasteiger partial charge on any atom is 0.0701 e. The minimum Gasteiger partial charge on any atom is -0.133 e. The molecule has 0 radical (unpaired) electrons. The molecule has 1 heterocycles. The summed E-state index contributed by atoms with van der Waals surface area (Å²) >= 11 is 9.24. The first-order valence-corrected chi connectivity index (χ1v) is 8.22. The molecule has 0 fully saturated rings. The lowest BCUT2D eigenvalue weighted by atomic mass is 10.0. The Morgan fingerprint density at radius 2 is 2.00 bits per heavy atom. The van der Waals surface area contributed by atoms with Crippen LogP contribution in [0, 0.1) is 5.92 Å². The third-order valence-electron chi connectivity index (χ3n) is 3.34. The Hall–Kier alpha value is -0.120. The van der Waals surface area contributed by atoms with E-state index in [1.54, 1.807) is 0 Å². The summed E-state index contributed by atoms with van der Waals surface area (Å²) in [6.07, 6.45) is 2.36. The van der Waals surface area contributed by atoms with Crippen LogP contribution in [-0.2, 0) is 12.8 Å². The summed E-state index contributed by atoms with van der Waals surface area (Å²) in [4.78, 5) is 1.98. The third-order valence-corrected chi connectivity index (χ3v) is 6.23. The zero-order valence-electron chi connectivity index (χ0n) is 9.20. The zero-order chi connectivity index (χ0) is 11.8. The van der Waals surface area contributed by atoms with Crippen molar-refractivity contribution in [3.63, 3.8) is 0 Å². The van der Waals surface area contributed by atoms with Crippen LogP contribution in [0.15, 0.2) is 40.2 Å². The molecule has 3 rings (SSSR count). The van der Waals surface area contributed by atoms with Gasteiger partial charge in [-0.25, -0.2) is 0 Å². The molecule has 2 unspecified atom stereocenters. The average Bonchev–Trinajstić information content (AvgIpc) is 2.86. The van der Waals surface area contributed by atoms with E-state index < -0.39 is 0 Å². The fourth-order valence-corrected chi connectivity index (χ4v) is 4.92. The molecule has 1 aliphatic carbocycles. The van der Waals surface area contributed by atoms with Crippen molar-refractivity contribution in [1.29, 1.82) is 0 Å². The number of hydrogen-bond donors (Lipinski definition) is 0. The smallest absolute Gasteiger partial charge is 0.0701 e. The van der Waals surface area contributed by atoms with Gasteiger partial charge >= 0.3 is 0 Å². The van der Waals surface area contributed by atoms with Gasteiger partial charge < -0.3 is 0 Å². The lowest BCUT2D eigenvalue weighted by Gasteiger charge is -2.13. The molecule has 1 aromatic carbocycles. The van der Waals surface area contributed by atoms with E-state index in [0.29, 0.717) is 10.7 Å². The quantitative estimate of drug-likeness (QED) is 0.623. The van der Waals surface area contributed by atoms with Gasteiger partial charge in [0.15, 0.2) is 0 Å². The Morgan fingerprint density at radius 1 is 1.18 bits per heavy atom. The van der Waals surface area contributed by atoms with E-state index in [-0.39, 0.29) is 0 Å². The number of alkyl halides is 1. The molecule has 0 amide bonds. The molecular formula is C14H12Br2S. The van der Waals surface area contributed by atoms with E-state index in [0.717, 1.165) is 0 Å². The van der Waals surface area contributed by atoms with Crippen molar-refractivity contribution in [3.05, 3.63) is 56.2 Å². The summed E-state index contributed by atoms with van der Waals surface area (Å²) in [7, 11) is 0. The highest BCUT2D eigenvalue weighted by Gasteiger charge is 2.30. The fraction of sp³-hybridized carbons (Fsp3) is 0.286. The summed E-state index contributed by atoms with van der Waals surface area (Å²) in [6, 6.07) is 13.2. The van der Waals surface area contributed by atoms with Crippen LogP contribution in [-0.4, -0.2) is 0 Å². The lowest BCUT2D eigenvalue weighted by Crippen LogP contribution is -2.05. The van der Waals surface area contributed by atoms with Crippen molar-refractivity contribution in [2.24, 2.45) is 5.92 Å². The molecule has 0 bridgehead atoms. The second-order valence-corrected chi connectivity index (χ2v) is 8.01. The molecule has 0 saturated carbocycles. The van der Waals surface area contributed by atoms with Gasteiger partial charge in [-0.1, -0.05) is 40.2 Å². The maximum absolute atomic E-state index is 3.86. The SMILES string of the molecule is Brc1ccc(CC2Cc3ccccc3C2Br)s1. The Morgan fingerprint density at radius 3 is 2.71 bits per heavy atom. The van der Waals surface area contributed by atoms with Gasteiger partial charge in [0.1, 0.15) is 0 Å². The van der Waals surface area contributed by atoms with Crippen LogP contribution in [0.2, 0.25) is 0 Å². The Balaban J connectivity index is 1.80. The normalized spacial score (nSPS) is 22.7. The van der Waals surface area contributed by atoms with Crippen LogP contribution in [0.3, 0.4) is 0 Å². The predicted octanol–water partition coefficient (Wildman–Crippen LogP) is 5.36. The molecule has 0 N–H and O–H groups in total. The zero-order valence-corrected chi connectivity index (χ0v) is 13.2. The predicted molar refractivity (Wildman–Crippen MR) is 81.0 cm³/mol. The van der Waals surface area contributed by atoms with Crippen molar-refractivity contribution < 1.29 is 0 Å². The largest absolute Gasteiger partial charge is 0.133 e. The van der Waals surface area contributed by atoms with E-state index >= 15 is 0 Å². The highest BCUT2D eigenvalue weighted by Crippen LogP contribution is 2.44. The molecular weight excluding hydrogens is 360 g/mol. The lowest BCUT2D eigenvalue weighted by molar-refractivity contribution is 0.560. The van der Waals surface area contributed by atoms with E-state index in [1.807, 2.05) is 11.3 Å². The molecule has 2 atom stereocenters. The van der Waals surface area contributed by atoms with Crippen LogP contribution in [0.4, 0.5) is 0 Å². The van der Waals surface area contributed by atoms with Crippen molar-refractivity contribution in [2.45, 2.75) is 17.7 Å². The van der Waals surface area contributed by atoms with Gasteiger partial charge in [-0.15, -0.1) is 11.3 Å². The van der Waals surface area contributed by atoms with Gasteiger partial charge in [-0.05, 0) is 57.9 Å². The van der Waals surface area contributed by atoms with Crippen molar-refractivity contribution in [1.82, 2.24) is 0 Å². The average molecular weight is 372 g/mol. The number of halogens is 2. The van der Waals surface area contributed by atoms with E-state index in [4.69, 9.17) is 0 Å². The van der Waals surface area contributed by atoms with E-state index in [9.17, 15) is 0 Å². The Labute approximate surface area is 122 Å². The van der Waals surface area contributed by atoms with Gasteiger partial charge in [0.2, 0.25) is 0 Å². The summed E-state index contributed by atoms with van der Waals surface area (Å²) < 4.78 is 1.23. The molecule has 0 nitrogen and oxygen atoms in total. The summed E-state index contributed by atoms with van der Waals surface area (Å²) in [5, 5.41) is 0. The number of thiophene rings is 1. The number of benzene rings is 1.